The number of pyridine rings is 1. The Labute approximate surface area is 159 Å². The van der Waals surface area contributed by atoms with Gasteiger partial charge in [-0.25, -0.2) is 9.67 Å². The molecule has 0 atom stereocenters. The van der Waals surface area contributed by atoms with Crippen molar-refractivity contribution in [3.63, 3.8) is 0 Å². The number of nitrogens with zero attached hydrogens (tertiary/aromatic N) is 4. The van der Waals surface area contributed by atoms with Crippen LogP contribution in [0.5, 0.6) is 5.75 Å². The van der Waals surface area contributed by atoms with Crippen molar-refractivity contribution >= 4 is 16.7 Å². The molecule has 2 fully saturated rings. The molecule has 1 N–H and O–H groups in total. The van der Waals surface area contributed by atoms with E-state index in [1.807, 2.05) is 23.0 Å². The van der Waals surface area contributed by atoms with E-state index in [9.17, 15) is 0 Å². The predicted molar refractivity (Wildman–Crippen MR) is 107 cm³/mol. The largest absolute Gasteiger partial charge is 0.497 e. The van der Waals surface area contributed by atoms with Gasteiger partial charge in [0.2, 0.25) is 0 Å². The Hall–Kier alpha value is -2.60. The second-order valence-electron chi connectivity index (χ2n) is 7.46. The lowest BCUT2D eigenvalue weighted by Gasteiger charge is -2.31. The van der Waals surface area contributed by atoms with Crippen LogP contribution in [-0.2, 0) is 6.54 Å². The van der Waals surface area contributed by atoms with Crippen LogP contribution in [0.1, 0.15) is 29.9 Å². The van der Waals surface area contributed by atoms with Gasteiger partial charge in [-0.05, 0) is 42.0 Å². The minimum absolute atomic E-state index is 0.678. The summed E-state index contributed by atoms with van der Waals surface area (Å²) in [6.07, 6.45) is 6.68. The molecule has 1 saturated carbocycles. The van der Waals surface area contributed by atoms with Crippen LogP contribution in [0.4, 0.5) is 5.69 Å². The molecule has 0 bridgehead atoms. The molecule has 140 valence electrons. The van der Waals surface area contributed by atoms with Gasteiger partial charge in [-0.3, -0.25) is 0 Å². The number of benzene rings is 1. The third-order valence-corrected chi connectivity index (χ3v) is 5.61. The number of methoxy groups -OCH3 is 1. The van der Waals surface area contributed by atoms with Crippen molar-refractivity contribution in [3.05, 3.63) is 47.8 Å². The first-order valence-corrected chi connectivity index (χ1v) is 9.76. The molecule has 1 aliphatic heterocycles. The van der Waals surface area contributed by atoms with E-state index in [-0.39, 0.29) is 0 Å². The highest BCUT2D eigenvalue weighted by Gasteiger charge is 2.30. The third-order valence-electron chi connectivity index (χ3n) is 5.61. The van der Waals surface area contributed by atoms with E-state index in [4.69, 9.17) is 14.8 Å². The SMILES string of the molecule is COc1ccc(Cn2ncc3c(N4CCNCC4)c(C4CC4)cnc32)cc1. The molecule has 1 aromatic carbocycles. The molecular weight excluding hydrogens is 338 g/mol. The Morgan fingerprint density at radius 1 is 1.11 bits per heavy atom. The Morgan fingerprint density at radius 3 is 2.59 bits per heavy atom. The van der Waals surface area contributed by atoms with Crippen molar-refractivity contribution in [1.82, 2.24) is 20.1 Å². The Morgan fingerprint density at radius 2 is 1.89 bits per heavy atom. The average Bonchev–Trinajstić information content (AvgIpc) is 3.50. The molecule has 0 spiro atoms. The maximum absolute atomic E-state index is 5.25. The van der Waals surface area contributed by atoms with E-state index < -0.39 is 0 Å². The van der Waals surface area contributed by atoms with Gasteiger partial charge in [-0.15, -0.1) is 0 Å². The summed E-state index contributed by atoms with van der Waals surface area (Å²) in [6.45, 7) is 4.87. The van der Waals surface area contributed by atoms with Crippen LogP contribution >= 0.6 is 0 Å². The number of nitrogens with one attached hydrogen (secondary N) is 1. The van der Waals surface area contributed by atoms with Gasteiger partial charge >= 0.3 is 0 Å². The lowest BCUT2D eigenvalue weighted by molar-refractivity contribution is 0.414. The first-order valence-electron chi connectivity index (χ1n) is 9.76. The molecule has 0 amide bonds. The van der Waals surface area contributed by atoms with E-state index in [0.29, 0.717) is 12.5 Å². The van der Waals surface area contributed by atoms with Gasteiger partial charge in [-0.1, -0.05) is 12.1 Å². The highest BCUT2D eigenvalue weighted by Crippen LogP contribution is 2.46. The van der Waals surface area contributed by atoms with Crippen LogP contribution in [0.15, 0.2) is 36.7 Å². The predicted octanol–water partition coefficient (Wildman–Crippen LogP) is 2.78. The molecule has 5 rings (SSSR count). The van der Waals surface area contributed by atoms with Gasteiger partial charge in [0.1, 0.15) is 5.75 Å². The summed E-state index contributed by atoms with van der Waals surface area (Å²) >= 11 is 0. The number of ether oxygens (including phenoxy) is 1. The molecule has 1 saturated heterocycles. The van der Waals surface area contributed by atoms with Gasteiger partial charge in [-0.2, -0.15) is 5.10 Å². The smallest absolute Gasteiger partial charge is 0.160 e. The normalized spacial score (nSPS) is 17.4. The fourth-order valence-corrected chi connectivity index (χ4v) is 3.98. The topological polar surface area (TPSA) is 55.2 Å². The molecule has 1 aliphatic carbocycles. The Kier molecular flexibility index (Phi) is 4.20. The van der Waals surface area contributed by atoms with Crippen LogP contribution in [0.2, 0.25) is 0 Å². The molecule has 6 heteroatoms. The lowest BCUT2D eigenvalue weighted by Crippen LogP contribution is -2.44. The van der Waals surface area contributed by atoms with Crippen LogP contribution in [-0.4, -0.2) is 48.1 Å². The van der Waals surface area contributed by atoms with Gasteiger partial charge in [0, 0.05) is 32.4 Å². The minimum atomic E-state index is 0.678. The zero-order chi connectivity index (χ0) is 18.2. The summed E-state index contributed by atoms with van der Waals surface area (Å²) in [5.41, 5.74) is 4.94. The molecule has 0 unspecified atom stereocenters. The van der Waals surface area contributed by atoms with Crippen LogP contribution in [0, 0.1) is 0 Å². The molecule has 3 aromatic rings. The highest BCUT2D eigenvalue weighted by atomic mass is 16.5. The average molecular weight is 363 g/mol. The second-order valence-corrected chi connectivity index (χ2v) is 7.46. The van der Waals surface area contributed by atoms with Crippen molar-refractivity contribution < 1.29 is 4.74 Å². The number of anilines is 1. The third kappa shape index (κ3) is 3.14. The maximum Gasteiger partial charge on any atom is 0.160 e. The van der Waals surface area contributed by atoms with E-state index in [0.717, 1.165) is 37.6 Å². The molecule has 3 heterocycles. The monoisotopic (exact) mass is 363 g/mol. The molecule has 6 nitrogen and oxygen atoms in total. The van der Waals surface area contributed by atoms with Crippen molar-refractivity contribution in [2.45, 2.75) is 25.3 Å². The first kappa shape index (κ1) is 16.6. The highest BCUT2D eigenvalue weighted by molar-refractivity contribution is 5.91. The maximum atomic E-state index is 5.25. The standard InChI is InChI=1S/C21H25N5O/c1-27-17-6-2-15(3-7-17)14-26-21-19(13-24-26)20(25-10-8-22-9-11-25)18(12-23-21)16-4-5-16/h2-3,6-7,12-13,16,22H,4-5,8-11,14H2,1H3. The zero-order valence-corrected chi connectivity index (χ0v) is 15.7. The van der Waals surface area contributed by atoms with E-state index in [2.05, 4.69) is 28.5 Å². The summed E-state index contributed by atoms with van der Waals surface area (Å²) in [5.74, 6) is 1.55. The summed E-state index contributed by atoms with van der Waals surface area (Å²) in [7, 11) is 1.69. The summed E-state index contributed by atoms with van der Waals surface area (Å²) in [5, 5.41) is 9.34. The summed E-state index contributed by atoms with van der Waals surface area (Å²) in [4.78, 5) is 7.34. The number of hydrogen-bond acceptors (Lipinski definition) is 5. The zero-order valence-electron chi connectivity index (χ0n) is 15.7. The molecule has 27 heavy (non-hydrogen) atoms. The van der Waals surface area contributed by atoms with Gasteiger partial charge < -0.3 is 15.0 Å². The number of aromatic nitrogens is 3. The molecular formula is C21H25N5O. The summed E-state index contributed by atoms with van der Waals surface area (Å²) in [6, 6.07) is 8.15. The number of rotatable bonds is 5. The molecule has 2 aliphatic rings. The fraction of sp³-hybridized carbons (Fsp3) is 0.429. The Balaban J connectivity index is 1.53. The van der Waals surface area contributed by atoms with E-state index in [1.54, 1.807) is 7.11 Å². The van der Waals surface area contributed by atoms with Crippen molar-refractivity contribution in [1.29, 1.82) is 0 Å². The van der Waals surface area contributed by atoms with Gasteiger partial charge in [0.15, 0.2) is 5.65 Å². The first-order chi connectivity index (χ1) is 13.3. The fourth-order valence-electron chi connectivity index (χ4n) is 3.98. The molecule has 2 aromatic heterocycles. The Bertz CT molecular complexity index is 939. The van der Waals surface area contributed by atoms with Crippen LogP contribution in [0.25, 0.3) is 11.0 Å². The van der Waals surface area contributed by atoms with E-state index >= 15 is 0 Å². The minimum Gasteiger partial charge on any atom is -0.497 e. The molecule has 0 radical (unpaired) electrons. The lowest BCUT2D eigenvalue weighted by atomic mass is 10.1. The van der Waals surface area contributed by atoms with Crippen molar-refractivity contribution in [2.24, 2.45) is 0 Å². The van der Waals surface area contributed by atoms with E-state index in [1.165, 1.54) is 35.0 Å². The number of piperazine rings is 1. The quantitative estimate of drug-likeness (QED) is 0.755. The van der Waals surface area contributed by atoms with Gasteiger partial charge in [0.05, 0.1) is 30.9 Å². The second kappa shape index (κ2) is 6.85. The number of hydrogen-bond donors (Lipinski definition) is 1. The van der Waals surface area contributed by atoms with Crippen molar-refractivity contribution in [3.8, 4) is 5.75 Å². The van der Waals surface area contributed by atoms with Crippen LogP contribution in [0.3, 0.4) is 0 Å². The summed E-state index contributed by atoms with van der Waals surface area (Å²) < 4.78 is 7.27. The van der Waals surface area contributed by atoms with Gasteiger partial charge in [0.25, 0.3) is 0 Å². The number of fused-ring (bicyclic) bond motifs is 1. The van der Waals surface area contributed by atoms with Crippen LogP contribution < -0.4 is 15.0 Å². The van der Waals surface area contributed by atoms with Crippen molar-refractivity contribution in [2.75, 3.05) is 38.2 Å².